The highest BCUT2D eigenvalue weighted by atomic mass is 19.1. The van der Waals surface area contributed by atoms with Crippen LogP contribution in [0.15, 0.2) is 60.9 Å². The van der Waals surface area contributed by atoms with Crippen molar-refractivity contribution in [2.45, 2.75) is 191 Å². The molecule has 10 rings (SSSR count). The fourth-order valence-electron chi connectivity index (χ4n) is 12.0. The lowest BCUT2D eigenvalue weighted by molar-refractivity contribution is -0.413. The van der Waals surface area contributed by atoms with Crippen molar-refractivity contribution in [2.24, 2.45) is 0 Å². The average molecular weight is 1050 g/mol. The monoisotopic (exact) mass is 1050 g/mol. The van der Waals surface area contributed by atoms with Crippen LogP contribution in [0, 0.1) is 11.6 Å². The quantitative estimate of drug-likeness (QED) is 0.0859. The van der Waals surface area contributed by atoms with Gasteiger partial charge >= 0.3 is 0 Å². The van der Waals surface area contributed by atoms with Gasteiger partial charge in [0.05, 0.1) is 22.6 Å². The lowest BCUT2D eigenvalue weighted by Gasteiger charge is -2.42. The van der Waals surface area contributed by atoms with E-state index < -0.39 is 22.4 Å². The van der Waals surface area contributed by atoms with Crippen LogP contribution < -0.4 is 19.6 Å². The molecule has 410 valence electrons. The second kappa shape index (κ2) is 21.0. The van der Waals surface area contributed by atoms with E-state index in [1.807, 2.05) is 66.4 Å². The SMILES string of the molecule is C[C@@H]1CN(c2ccc(C(C)(C)OOC3(C)CCC(N(C(=O)c4ccnc(N5CCN(c6ccc(C(C)(C)O)cc6F)C[C@H]5C)n4)C4CC4)CC3)cc2F)CCN1c1nccc(C(=O)N(C2CC2)C2CCC(C)(O)CC2)n1. The van der Waals surface area contributed by atoms with Crippen molar-refractivity contribution in [3.05, 3.63) is 95.1 Å². The largest absolute Gasteiger partial charge is 0.390 e. The minimum atomic E-state index is -1.14. The van der Waals surface area contributed by atoms with E-state index in [4.69, 9.17) is 19.7 Å². The summed E-state index contributed by atoms with van der Waals surface area (Å²) in [5, 5.41) is 20.9. The van der Waals surface area contributed by atoms with Crippen LogP contribution in [-0.4, -0.2) is 138 Å². The van der Waals surface area contributed by atoms with Gasteiger partial charge in [0, 0.05) is 87.9 Å². The Balaban J connectivity index is 0.716. The van der Waals surface area contributed by atoms with Crippen LogP contribution in [0.25, 0.3) is 0 Å². The first-order chi connectivity index (χ1) is 36.1. The summed E-state index contributed by atoms with van der Waals surface area (Å²) in [6.45, 7) is 18.3. The topological polar surface area (TPSA) is 164 Å². The zero-order valence-corrected chi connectivity index (χ0v) is 45.7. The molecule has 4 saturated carbocycles. The minimum absolute atomic E-state index is 0.00601. The molecule has 2 saturated heterocycles. The van der Waals surface area contributed by atoms with Crippen LogP contribution in [0.5, 0.6) is 0 Å². The Morgan fingerprint density at radius 3 is 1.47 bits per heavy atom. The van der Waals surface area contributed by atoms with Crippen LogP contribution >= 0.6 is 0 Å². The Kier molecular flexibility index (Phi) is 14.9. The maximum Gasteiger partial charge on any atom is 0.273 e. The Labute approximate surface area is 446 Å². The van der Waals surface area contributed by atoms with Gasteiger partial charge in [0.15, 0.2) is 0 Å². The van der Waals surface area contributed by atoms with E-state index in [9.17, 15) is 19.8 Å². The van der Waals surface area contributed by atoms with Crippen molar-refractivity contribution >= 4 is 35.1 Å². The maximum absolute atomic E-state index is 16.2. The molecular weight excluding hydrogens is 971 g/mol. The van der Waals surface area contributed by atoms with E-state index in [0.717, 1.165) is 51.4 Å². The van der Waals surface area contributed by atoms with Crippen LogP contribution in [0.3, 0.4) is 0 Å². The van der Waals surface area contributed by atoms with E-state index >= 15 is 8.78 Å². The summed E-state index contributed by atoms with van der Waals surface area (Å²) in [7, 11) is 0. The second-order valence-electron chi connectivity index (χ2n) is 24.3. The summed E-state index contributed by atoms with van der Waals surface area (Å²) in [6.07, 6.45) is 12.9. The maximum atomic E-state index is 16.2. The molecule has 0 unspecified atom stereocenters. The van der Waals surface area contributed by atoms with Gasteiger partial charge in [0.25, 0.3) is 11.8 Å². The predicted molar refractivity (Wildman–Crippen MR) is 287 cm³/mol. The highest BCUT2D eigenvalue weighted by Crippen LogP contribution is 2.42. The highest BCUT2D eigenvalue weighted by molar-refractivity contribution is 5.94. The van der Waals surface area contributed by atoms with Gasteiger partial charge in [-0.1, -0.05) is 12.1 Å². The number of piperazine rings is 2. The number of halogens is 2. The Morgan fingerprint density at radius 2 is 1.05 bits per heavy atom. The van der Waals surface area contributed by atoms with Crippen LogP contribution in [-0.2, 0) is 21.0 Å². The zero-order chi connectivity index (χ0) is 53.9. The van der Waals surface area contributed by atoms with Gasteiger partial charge in [-0.25, -0.2) is 38.5 Å². The summed E-state index contributed by atoms with van der Waals surface area (Å²) in [5.74, 6) is 0.0723. The number of hydrogen-bond acceptors (Lipinski definition) is 14. The van der Waals surface area contributed by atoms with Gasteiger partial charge in [0.1, 0.15) is 34.2 Å². The summed E-state index contributed by atoms with van der Waals surface area (Å²) >= 11 is 0. The summed E-state index contributed by atoms with van der Waals surface area (Å²) < 4.78 is 31.5. The molecule has 6 fully saturated rings. The molecule has 0 radical (unpaired) electrons. The number of hydrogen-bond donors (Lipinski definition) is 2. The molecule has 2 atom stereocenters. The third kappa shape index (κ3) is 11.7. The fraction of sp³-hybridized carbons (Fsp3) is 0.621. The number of benzene rings is 2. The van der Waals surface area contributed by atoms with Crippen LogP contribution in [0.2, 0.25) is 0 Å². The minimum Gasteiger partial charge on any atom is -0.390 e. The molecule has 4 aliphatic carbocycles. The third-order valence-electron chi connectivity index (χ3n) is 17.1. The van der Waals surface area contributed by atoms with Gasteiger partial charge in [-0.15, -0.1) is 0 Å². The molecule has 4 heterocycles. The number of aliphatic hydroxyl groups is 2. The average Bonchev–Trinajstić information content (AvgIpc) is 4.36. The number of carbonyl (C=O) groups is 2. The molecule has 6 aliphatic rings. The lowest BCUT2D eigenvalue weighted by Crippen LogP contribution is -2.53. The molecule has 0 spiro atoms. The highest BCUT2D eigenvalue weighted by Gasteiger charge is 2.45. The lowest BCUT2D eigenvalue weighted by atomic mass is 9.82. The molecule has 2 aromatic heterocycles. The Bertz CT molecular complexity index is 2750. The van der Waals surface area contributed by atoms with E-state index in [2.05, 4.69) is 26.7 Å². The number of amides is 2. The van der Waals surface area contributed by atoms with Crippen LogP contribution in [0.4, 0.5) is 32.1 Å². The number of nitrogens with zero attached hydrogens (tertiary/aromatic N) is 10. The Morgan fingerprint density at radius 1 is 0.632 bits per heavy atom. The first kappa shape index (κ1) is 53.8. The van der Waals surface area contributed by atoms with Crippen LogP contribution in [0.1, 0.15) is 165 Å². The zero-order valence-electron chi connectivity index (χ0n) is 45.7. The molecule has 2 N–H and O–H groups in total. The van der Waals surface area contributed by atoms with E-state index in [-0.39, 0.29) is 59.7 Å². The molecule has 76 heavy (non-hydrogen) atoms. The van der Waals surface area contributed by atoms with Gasteiger partial charge in [-0.2, -0.15) is 0 Å². The number of anilines is 4. The van der Waals surface area contributed by atoms with Gasteiger partial charge < -0.3 is 39.6 Å². The summed E-state index contributed by atoms with van der Waals surface area (Å²) in [5.41, 5.74) is -0.516. The smallest absolute Gasteiger partial charge is 0.273 e. The van der Waals surface area contributed by atoms with E-state index in [1.54, 1.807) is 50.5 Å². The van der Waals surface area contributed by atoms with Crippen molar-refractivity contribution in [3.63, 3.8) is 0 Å². The van der Waals surface area contributed by atoms with Gasteiger partial charge in [-0.05, 0) is 180 Å². The molecule has 2 aromatic carbocycles. The van der Waals surface area contributed by atoms with Crippen molar-refractivity contribution < 1.29 is 38.4 Å². The molecule has 0 bridgehead atoms. The van der Waals surface area contributed by atoms with Crippen molar-refractivity contribution in [3.8, 4) is 0 Å². The molecule has 2 aliphatic heterocycles. The van der Waals surface area contributed by atoms with Gasteiger partial charge in [-0.3, -0.25) is 9.59 Å². The number of carbonyl (C=O) groups excluding carboxylic acids is 2. The number of aromatic nitrogens is 4. The number of rotatable bonds is 15. The second-order valence-corrected chi connectivity index (χ2v) is 24.3. The normalized spacial score (nSPS) is 26.6. The summed E-state index contributed by atoms with van der Waals surface area (Å²) in [6, 6.07) is 13.9. The Hall–Kier alpha value is -5.56. The fourth-order valence-corrected chi connectivity index (χ4v) is 12.0. The third-order valence-corrected chi connectivity index (χ3v) is 17.1. The molecular formula is C58H78F2N10O6. The van der Waals surface area contributed by atoms with Crippen molar-refractivity contribution in [1.29, 1.82) is 0 Å². The first-order valence-corrected chi connectivity index (χ1v) is 27.8. The standard InChI is InChI=1S/C58H78F2N10O6/c1-37-35-65(49-15-9-39(33-45(49)59)55(3,4)73)29-31-67(37)54-62-28-22-48(64-54)52(72)70(42-13-14-42)44-19-25-58(8,26-20-44)76-75-56(5,6)40-10-16-50(46(60)34-40)66-30-32-68(38(2)36-66)53-61-27-21-47(63-53)51(71)69(41-11-12-41)43-17-23-57(7,74)24-18-43/h9-10,15-16,21-22,27-28,33-34,37-38,41-44,73-74H,11-14,17-20,23-26,29-32,35-36H2,1-8H3/t37-,38-,43?,44?,57?,58?/m1/s1. The first-order valence-electron chi connectivity index (χ1n) is 27.8. The molecule has 4 aromatic rings. The van der Waals surface area contributed by atoms with Crippen molar-refractivity contribution in [1.82, 2.24) is 29.7 Å². The van der Waals surface area contributed by atoms with Crippen molar-refractivity contribution in [2.75, 3.05) is 58.9 Å². The molecule has 18 heteroatoms. The molecule has 2 amide bonds. The van der Waals surface area contributed by atoms with E-state index in [1.165, 1.54) is 12.1 Å². The molecule has 16 nitrogen and oxygen atoms in total. The predicted octanol–water partition coefficient (Wildman–Crippen LogP) is 8.69. The van der Waals surface area contributed by atoms with Gasteiger partial charge in [0.2, 0.25) is 11.9 Å². The summed E-state index contributed by atoms with van der Waals surface area (Å²) in [4.78, 5) is 72.0. The van der Waals surface area contributed by atoms with E-state index in [0.29, 0.717) is 111 Å².